The topological polar surface area (TPSA) is 72.8 Å². The van der Waals surface area contributed by atoms with Gasteiger partial charge in [0.05, 0.1) is 6.61 Å². The zero-order valence-corrected chi connectivity index (χ0v) is 12.4. The van der Waals surface area contributed by atoms with Crippen molar-refractivity contribution in [3.63, 3.8) is 0 Å². The molecule has 0 aliphatic heterocycles. The molecule has 0 unspecified atom stereocenters. The van der Waals surface area contributed by atoms with Crippen molar-refractivity contribution >= 4 is 11.9 Å². The Kier molecular flexibility index (Phi) is 7.37. The minimum atomic E-state index is -1.21. The molecule has 0 radical (unpaired) electrons. The second kappa shape index (κ2) is 7.94. The third kappa shape index (κ3) is 9.25. The Hall–Kier alpha value is -1.36. The molecule has 5 heteroatoms. The van der Waals surface area contributed by atoms with Crippen LogP contribution in [0.5, 0.6) is 0 Å². The highest BCUT2D eigenvalue weighted by atomic mass is 16.7. The van der Waals surface area contributed by atoms with E-state index >= 15 is 0 Å². The van der Waals surface area contributed by atoms with Gasteiger partial charge in [-0.2, -0.15) is 0 Å². The maximum Gasteiger partial charge on any atom is 0.319 e. The molecule has 0 aromatic heterocycles. The number of hydrogen-bond donors (Lipinski definition) is 1. The molecule has 0 aliphatic rings. The molecule has 0 bridgehead atoms. The van der Waals surface area contributed by atoms with E-state index in [0.717, 1.165) is 6.42 Å². The fourth-order valence-electron chi connectivity index (χ4n) is 1.27. The van der Waals surface area contributed by atoms with Gasteiger partial charge in [0.15, 0.2) is 0 Å². The van der Waals surface area contributed by atoms with Crippen LogP contribution >= 0.6 is 0 Å². The Morgan fingerprint density at radius 2 is 1.84 bits per heavy atom. The van der Waals surface area contributed by atoms with E-state index in [1.807, 2.05) is 40.7 Å². The highest BCUT2D eigenvalue weighted by molar-refractivity contribution is 5.90. The van der Waals surface area contributed by atoms with Crippen molar-refractivity contribution in [3.05, 3.63) is 11.6 Å². The molecule has 0 aromatic rings. The lowest BCUT2D eigenvalue weighted by atomic mass is 9.96. The van der Waals surface area contributed by atoms with Crippen molar-refractivity contribution in [2.75, 3.05) is 6.61 Å². The van der Waals surface area contributed by atoms with Crippen molar-refractivity contribution in [2.45, 2.75) is 53.8 Å². The first-order valence-corrected chi connectivity index (χ1v) is 6.29. The van der Waals surface area contributed by atoms with E-state index in [9.17, 15) is 9.59 Å². The van der Waals surface area contributed by atoms with Gasteiger partial charge in [-0.3, -0.25) is 9.59 Å². The van der Waals surface area contributed by atoms with Crippen molar-refractivity contribution in [1.29, 1.82) is 0 Å². The lowest BCUT2D eigenvalue weighted by Crippen LogP contribution is -2.35. The average molecular weight is 272 g/mol. The van der Waals surface area contributed by atoms with Crippen LogP contribution in [0, 0.1) is 5.41 Å². The highest BCUT2D eigenvalue weighted by Gasteiger charge is 2.29. The first-order valence-electron chi connectivity index (χ1n) is 6.29. The van der Waals surface area contributed by atoms with Gasteiger partial charge in [0.1, 0.15) is 6.42 Å². The number of rotatable bonds is 7. The first kappa shape index (κ1) is 17.6. The van der Waals surface area contributed by atoms with E-state index in [1.54, 1.807) is 0 Å². The predicted molar refractivity (Wildman–Crippen MR) is 71.6 cm³/mol. The minimum absolute atomic E-state index is 0.404. The molecule has 19 heavy (non-hydrogen) atoms. The number of carboxylic acids is 1. The Balaban J connectivity index is 4.37. The number of hydrogen-bond acceptors (Lipinski definition) is 4. The fourth-order valence-corrected chi connectivity index (χ4v) is 1.27. The van der Waals surface area contributed by atoms with Gasteiger partial charge >= 0.3 is 11.9 Å². The van der Waals surface area contributed by atoms with Gasteiger partial charge in [-0.05, 0) is 20.3 Å². The molecule has 0 aliphatic carbocycles. The Morgan fingerprint density at radius 3 is 2.26 bits per heavy atom. The van der Waals surface area contributed by atoms with Crippen molar-refractivity contribution in [1.82, 2.24) is 0 Å². The second-order valence-electron chi connectivity index (χ2n) is 5.70. The number of allylic oxidation sites excluding steroid dienone is 1. The molecule has 0 amide bonds. The summed E-state index contributed by atoms with van der Waals surface area (Å²) in [7, 11) is 0. The van der Waals surface area contributed by atoms with Crippen LogP contribution in [0.4, 0.5) is 0 Å². The first-order chi connectivity index (χ1) is 8.62. The summed E-state index contributed by atoms with van der Waals surface area (Å²) in [5.41, 5.74) is 0.790. The SMILES string of the molecule is CC(C)=CCCO[C@H](OC(=O)CC(=O)O)C(C)(C)C. The van der Waals surface area contributed by atoms with Crippen LogP contribution in [0.25, 0.3) is 0 Å². The molecule has 5 nitrogen and oxygen atoms in total. The Bertz CT molecular complexity index is 334. The van der Waals surface area contributed by atoms with Crippen LogP contribution < -0.4 is 0 Å². The third-order valence-corrected chi connectivity index (χ3v) is 2.18. The molecule has 110 valence electrons. The number of carbonyl (C=O) groups is 2. The van der Waals surface area contributed by atoms with Crippen molar-refractivity contribution in [3.8, 4) is 0 Å². The number of aliphatic carboxylic acids is 1. The summed E-state index contributed by atoms with van der Waals surface area (Å²) in [6, 6.07) is 0. The molecule has 0 rings (SSSR count). The van der Waals surface area contributed by atoms with Crippen LogP contribution in [-0.4, -0.2) is 29.9 Å². The summed E-state index contributed by atoms with van der Waals surface area (Å²) in [6.45, 7) is 10.0. The smallest absolute Gasteiger partial charge is 0.319 e. The molecule has 0 heterocycles. The summed E-state index contributed by atoms with van der Waals surface area (Å²) in [5, 5.41) is 8.53. The van der Waals surface area contributed by atoms with Gasteiger partial charge in [-0.25, -0.2) is 0 Å². The molecule has 0 fully saturated rings. The molecule has 1 N–H and O–H groups in total. The van der Waals surface area contributed by atoms with E-state index in [0.29, 0.717) is 6.61 Å². The lowest BCUT2D eigenvalue weighted by Gasteiger charge is -2.29. The van der Waals surface area contributed by atoms with E-state index in [-0.39, 0.29) is 0 Å². The Morgan fingerprint density at radius 1 is 1.26 bits per heavy atom. The molecular weight excluding hydrogens is 248 g/mol. The molecule has 0 spiro atoms. The van der Waals surface area contributed by atoms with Gasteiger partial charge in [-0.15, -0.1) is 0 Å². The summed E-state index contributed by atoms with van der Waals surface area (Å²) in [6.07, 6.45) is 1.36. The van der Waals surface area contributed by atoms with Gasteiger partial charge in [0.25, 0.3) is 0 Å². The van der Waals surface area contributed by atoms with Crippen LogP contribution in [0.3, 0.4) is 0 Å². The zero-order valence-electron chi connectivity index (χ0n) is 12.4. The Labute approximate surface area is 114 Å². The van der Waals surface area contributed by atoms with Crippen LogP contribution in [0.2, 0.25) is 0 Å². The predicted octanol–water partition coefficient (Wildman–Crippen LogP) is 2.75. The average Bonchev–Trinajstić information content (AvgIpc) is 2.19. The lowest BCUT2D eigenvalue weighted by molar-refractivity contribution is -0.204. The molecule has 1 atom stereocenters. The third-order valence-electron chi connectivity index (χ3n) is 2.18. The van der Waals surface area contributed by atoms with E-state index in [2.05, 4.69) is 0 Å². The summed E-state index contributed by atoms with van der Waals surface area (Å²) in [5.74, 6) is -1.99. The maximum absolute atomic E-state index is 11.4. The monoisotopic (exact) mass is 272 g/mol. The van der Waals surface area contributed by atoms with Crippen molar-refractivity contribution in [2.24, 2.45) is 5.41 Å². The number of carbonyl (C=O) groups excluding carboxylic acids is 1. The van der Waals surface area contributed by atoms with Crippen LogP contribution in [0.15, 0.2) is 11.6 Å². The van der Waals surface area contributed by atoms with E-state index in [1.165, 1.54) is 5.57 Å². The number of carboxylic acid groups (broad SMARTS) is 1. The van der Waals surface area contributed by atoms with Crippen LogP contribution in [-0.2, 0) is 19.1 Å². The summed E-state index contributed by atoms with van der Waals surface area (Å²) < 4.78 is 10.6. The normalized spacial score (nSPS) is 12.7. The molecule has 0 saturated heterocycles. The van der Waals surface area contributed by atoms with Gasteiger partial charge in [0.2, 0.25) is 6.29 Å². The van der Waals surface area contributed by atoms with Crippen molar-refractivity contribution < 1.29 is 24.2 Å². The van der Waals surface area contributed by atoms with E-state index < -0.39 is 30.1 Å². The van der Waals surface area contributed by atoms with Gasteiger partial charge in [0, 0.05) is 5.41 Å². The number of ether oxygens (including phenoxy) is 2. The number of esters is 1. The molecule has 0 saturated carbocycles. The molecular formula is C14H24O5. The summed E-state index contributed by atoms with van der Waals surface area (Å²) in [4.78, 5) is 21.8. The maximum atomic E-state index is 11.4. The van der Waals surface area contributed by atoms with Crippen LogP contribution in [0.1, 0.15) is 47.5 Å². The van der Waals surface area contributed by atoms with Gasteiger partial charge < -0.3 is 14.6 Å². The summed E-state index contributed by atoms with van der Waals surface area (Å²) >= 11 is 0. The quantitative estimate of drug-likeness (QED) is 0.254. The minimum Gasteiger partial charge on any atom is -0.481 e. The zero-order chi connectivity index (χ0) is 15.1. The highest BCUT2D eigenvalue weighted by Crippen LogP contribution is 2.24. The fraction of sp³-hybridized carbons (Fsp3) is 0.714. The van der Waals surface area contributed by atoms with E-state index in [4.69, 9.17) is 14.6 Å². The largest absolute Gasteiger partial charge is 0.481 e. The molecule has 0 aromatic carbocycles. The standard InChI is InChI=1S/C14H24O5/c1-10(2)7-6-8-18-13(14(3,4)5)19-12(17)9-11(15)16/h7,13H,6,8-9H2,1-5H3,(H,15,16)/t13-/m1/s1. The second-order valence-corrected chi connectivity index (χ2v) is 5.70. The van der Waals surface area contributed by atoms with Gasteiger partial charge in [-0.1, -0.05) is 32.4 Å².